The van der Waals surface area contributed by atoms with Crippen LogP contribution in [0, 0.1) is 13.8 Å². The molecule has 1 atom stereocenters. The van der Waals surface area contributed by atoms with E-state index in [1.165, 1.54) is 7.11 Å². The van der Waals surface area contributed by atoms with Crippen LogP contribution in [0.5, 0.6) is 0 Å². The molecule has 0 radical (unpaired) electrons. The number of halogens is 1. The van der Waals surface area contributed by atoms with Gasteiger partial charge in [0, 0.05) is 4.47 Å². The molecule has 0 bridgehead atoms. The Morgan fingerprint density at radius 3 is 2.69 bits per heavy atom. The van der Waals surface area contributed by atoms with E-state index in [-0.39, 0.29) is 6.42 Å². The van der Waals surface area contributed by atoms with Gasteiger partial charge in [-0.15, -0.1) is 0 Å². The number of aliphatic hydroxyl groups excluding tert-OH is 1. The summed E-state index contributed by atoms with van der Waals surface area (Å²) >= 11 is 3.45. The van der Waals surface area contributed by atoms with Crippen molar-refractivity contribution >= 4 is 21.9 Å². The third-order valence-electron chi connectivity index (χ3n) is 2.57. The molecular weight excluding hydrogens is 272 g/mol. The molecular formula is C12H15BrO3. The summed E-state index contributed by atoms with van der Waals surface area (Å²) in [6, 6.07) is 3.75. The number of aryl methyl sites for hydroxylation is 1. The summed E-state index contributed by atoms with van der Waals surface area (Å²) in [7, 11) is 1.31. The molecule has 0 aromatic heterocycles. The zero-order chi connectivity index (χ0) is 12.3. The van der Waals surface area contributed by atoms with E-state index >= 15 is 0 Å². The number of carbonyl (C=O) groups is 1. The molecule has 0 heterocycles. The SMILES string of the molecule is COC(=O)CC(O)c1ccc(C)c(Br)c1C. The highest BCUT2D eigenvalue weighted by atomic mass is 79.9. The van der Waals surface area contributed by atoms with E-state index in [0.29, 0.717) is 0 Å². The lowest BCUT2D eigenvalue weighted by molar-refractivity contribution is -0.142. The van der Waals surface area contributed by atoms with Gasteiger partial charge in [-0.25, -0.2) is 0 Å². The Kier molecular flexibility index (Phi) is 4.50. The smallest absolute Gasteiger partial charge is 0.308 e. The fourth-order valence-corrected chi connectivity index (χ4v) is 1.91. The fraction of sp³-hybridized carbons (Fsp3) is 0.417. The van der Waals surface area contributed by atoms with E-state index in [2.05, 4.69) is 20.7 Å². The minimum Gasteiger partial charge on any atom is -0.469 e. The van der Waals surface area contributed by atoms with Crippen LogP contribution in [0.3, 0.4) is 0 Å². The molecule has 0 saturated heterocycles. The van der Waals surface area contributed by atoms with E-state index in [4.69, 9.17) is 0 Å². The Bertz CT molecular complexity index is 401. The van der Waals surface area contributed by atoms with Crippen molar-refractivity contribution in [2.24, 2.45) is 0 Å². The molecule has 0 saturated carbocycles. The average molecular weight is 287 g/mol. The van der Waals surface area contributed by atoms with Crippen LogP contribution in [0.2, 0.25) is 0 Å². The zero-order valence-corrected chi connectivity index (χ0v) is 11.2. The largest absolute Gasteiger partial charge is 0.469 e. The van der Waals surface area contributed by atoms with Crippen molar-refractivity contribution in [3.8, 4) is 0 Å². The number of ether oxygens (including phenoxy) is 1. The van der Waals surface area contributed by atoms with E-state index in [0.717, 1.165) is 21.2 Å². The molecule has 0 aliphatic carbocycles. The van der Waals surface area contributed by atoms with Gasteiger partial charge in [0.1, 0.15) is 0 Å². The molecule has 1 aromatic carbocycles. The molecule has 1 rings (SSSR count). The maximum absolute atomic E-state index is 11.1. The van der Waals surface area contributed by atoms with Gasteiger partial charge in [0.25, 0.3) is 0 Å². The number of esters is 1. The number of hydrogen-bond acceptors (Lipinski definition) is 3. The normalized spacial score (nSPS) is 12.3. The molecule has 0 aliphatic heterocycles. The van der Waals surface area contributed by atoms with Gasteiger partial charge in [0.05, 0.1) is 19.6 Å². The molecule has 1 N–H and O–H groups in total. The van der Waals surface area contributed by atoms with Gasteiger partial charge in [0.15, 0.2) is 0 Å². The topological polar surface area (TPSA) is 46.5 Å². The summed E-state index contributed by atoms with van der Waals surface area (Å²) in [4.78, 5) is 11.1. The molecule has 0 amide bonds. The number of aliphatic hydroxyl groups is 1. The molecule has 4 heteroatoms. The van der Waals surface area contributed by atoms with Crippen molar-refractivity contribution in [3.63, 3.8) is 0 Å². The number of carbonyl (C=O) groups excluding carboxylic acids is 1. The summed E-state index contributed by atoms with van der Waals surface area (Å²) in [5.74, 6) is -0.413. The van der Waals surface area contributed by atoms with Crippen molar-refractivity contribution < 1.29 is 14.6 Å². The quantitative estimate of drug-likeness (QED) is 0.869. The van der Waals surface area contributed by atoms with Gasteiger partial charge in [-0.1, -0.05) is 28.1 Å². The molecule has 16 heavy (non-hydrogen) atoms. The predicted molar refractivity (Wildman–Crippen MR) is 65.2 cm³/mol. The molecule has 0 aliphatic rings. The van der Waals surface area contributed by atoms with Crippen LogP contribution in [0.1, 0.15) is 29.2 Å². The van der Waals surface area contributed by atoms with Crippen molar-refractivity contribution in [2.75, 3.05) is 7.11 Å². The number of benzene rings is 1. The van der Waals surface area contributed by atoms with Crippen LogP contribution in [0.15, 0.2) is 16.6 Å². The van der Waals surface area contributed by atoms with E-state index in [9.17, 15) is 9.90 Å². The van der Waals surface area contributed by atoms with Crippen LogP contribution in [0.4, 0.5) is 0 Å². The summed E-state index contributed by atoms with van der Waals surface area (Å²) in [6.45, 7) is 3.89. The second kappa shape index (κ2) is 5.46. The predicted octanol–water partition coefficient (Wildman–Crippen LogP) is 2.66. The van der Waals surface area contributed by atoms with E-state index in [1.807, 2.05) is 26.0 Å². The first-order valence-corrected chi connectivity index (χ1v) is 5.77. The number of hydrogen-bond donors (Lipinski definition) is 1. The van der Waals surface area contributed by atoms with E-state index < -0.39 is 12.1 Å². The minimum atomic E-state index is -0.815. The third-order valence-corrected chi connectivity index (χ3v) is 3.79. The summed E-state index contributed by atoms with van der Waals surface area (Å²) < 4.78 is 5.49. The van der Waals surface area contributed by atoms with Gasteiger partial charge in [-0.3, -0.25) is 4.79 Å². The van der Waals surface area contributed by atoms with Gasteiger partial charge >= 0.3 is 5.97 Å². The van der Waals surface area contributed by atoms with Crippen LogP contribution >= 0.6 is 15.9 Å². The van der Waals surface area contributed by atoms with Crippen LogP contribution in [-0.4, -0.2) is 18.2 Å². The number of rotatable bonds is 3. The molecule has 0 fully saturated rings. The minimum absolute atomic E-state index is 0.0210. The standard InChI is InChI=1S/C12H15BrO3/c1-7-4-5-9(8(2)12(7)13)10(14)6-11(15)16-3/h4-5,10,14H,6H2,1-3H3. The average Bonchev–Trinajstić information content (AvgIpc) is 2.25. The highest BCUT2D eigenvalue weighted by molar-refractivity contribution is 9.10. The van der Waals surface area contributed by atoms with Gasteiger partial charge in [-0.05, 0) is 30.5 Å². The van der Waals surface area contributed by atoms with Crippen molar-refractivity contribution in [1.82, 2.24) is 0 Å². The second-order valence-electron chi connectivity index (χ2n) is 3.71. The first-order valence-electron chi connectivity index (χ1n) is 4.97. The summed E-state index contributed by atoms with van der Waals surface area (Å²) in [6.07, 6.45) is -0.836. The molecule has 1 unspecified atom stereocenters. The Hall–Kier alpha value is -0.870. The summed E-state index contributed by atoms with van der Waals surface area (Å²) in [5.41, 5.74) is 2.81. The Labute approximate surface area is 104 Å². The first kappa shape index (κ1) is 13.2. The maximum Gasteiger partial charge on any atom is 0.308 e. The van der Waals surface area contributed by atoms with Crippen molar-refractivity contribution in [1.29, 1.82) is 0 Å². The third kappa shape index (κ3) is 2.83. The Balaban J connectivity index is 2.96. The highest BCUT2D eigenvalue weighted by Crippen LogP contribution is 2.29. The Morgan fingerprint density at radius 1 is 1.50 bits per heavy atom. The molecule has 3 nitrogen and oxygen atoms in total. The highest BCUT2D eigenvalue weighted by Gasteiger charge is 2.16. The van der Waals surface area contributed by atoms with Crippen molar-refractivity contribution in [3.05, 3.63) is 33.3 Å². The van der Waals surface area contributed by atoms with Gasteiger partial charge in [0.2, 0.25) is 0 Å². The van der Waals surface area contributed by atoms with Crippen LogP contribution in [-0.2, 0) is 9.53 Å². The lowest BCUT2D eigenvalue weighted by Crippen LogP contribution is -2.09. The van der Waals surface area contributed by atoms with Gasteiger partial charge < -0.3 is 9.84 Å². The lowest BCUT2D eigenvalue weighted by atomic mass is 9.99. The van der Waals surface area contributed by atoms with E-state index in [1.54, 1.807) is 0 Å². The van der Waals surface area contributed by atoms with Crippen molar-refractivity contribution in [2.45, 2.75) is 26.4 Å². The fourth-order valence-electron chi connectivity index (χ4n) is 1.55. The zero-order valence-electron chi connectivity index (χ0n) is 9.58. The Morgan fingerprint density at radius 2 is 2.12 bits per heavy atom. The van der Waals surface area contributed by atoms with Crippen LogP contribution < -0.4 is 0 Å². The first-order chi connectivity index (χ1) is 7.47. The number of methoxy groups -OCH3 is 1. The monoisotopic (exact) mass is 286 g/mol. The summed E-state index contributed by atoms with van der Waals surface area (Å²) in [5, 5.41) is 9.90. The maximum atomic E-state index is 11.1. The second-order valence-corrected chi connectivity index (χ2v) is 4.50. The molecule has 1 aromatic rings. The molecule has 0 spiro atoms. The lowest BCUT2D eigenvalue weighted by Gasteiger charge is -2.15. The van der Waals surface area contributed by atoms with Crippen LogP contribution in [0.25, 0.3) is 0 Å². The van der Waals surface area contributed by atoms with Gasteiger partial charge in [-0.2, -0.15) is 0 Å². The molecule has 88 valence electrons.